The number of fused-ring (bicyclic) bond motifs is 2. The van der Waals surface area contributed by atoms with Crippen molar-refractivity contribution in [3.63, 3.8) is 0 Å². The molecule has 596 valence electrons. The molecule has 0 amide bonds. The smallest absolute Gasteiger partial charge is 0.0134 e. The van der Waals surface area contributed by atoms with Crippen LogP contribution in [0.5, 0.6) is 0 Å². The first-order valence-corrected chi connectivity index (χ1v) is 47.6. The van der Waals surface area contributed by atoms with Gasteiger partial charge in [-0.05, 0) is 133 Å². The third-order valence-corrected chi connectivity index (χ3v) is 26.9. The van der Waals surface area contributed by atoms with Crippen LogP contribution in [-0.4, -0.2) is 147 Å². The number of rotatable bonds is 20. The predicted molar refractivity (Wildman–Crippen MR) is 473 cm³/mol. The second kappa shape index (κ2) is 44.1. The van der Waals surface area contributed by atoms with E-state index in [1.807, 2.05) is 53.8 Å². The summed E-state index contributed by atoms with van der Waals surface area (Å²) in [6, 6.07) is 85.4. The number of pyridine rings is 2. The normalized spacial score (nSPS) is 13.0. The third-order valence-electron chi connectivity index (χ3n) is 18.2. The summed E-state index contributed by atoms with van der Waals surface area (Å²) < 4.78 is 71.6. The molecule has 2 fully saturated rings. The number of aromatic nitrogens is 8. The van der Waals surface area contributed by atoms with Gasteiger partial charge in [0.15, 0.2) is 11.3 Å². The second-order valence-electron chi connectivity index (χ2n) is 27.0. The molecule has 0 saturated carbocycles. The number of ether oxygens (including phenoxy) is 2. The van der Waals surface area contributed by atoms with Crippen molar-refractivity contribution < 1.29 is 52.3 Å². The molecule has 8 heterocycles. The van der Waals surface area contributed by atoms with E-state index in [9.17, 15) is 16.8 Å². The Morgan fingerprint density at radius 3 is 1.07 bits per heavy atom. The Bertz CT molecular complexity index is 5320. The van der Waals surface area contributed by atoms with E-state index >= 15 is 0 Å². The van der Waals surface area contributed by atoms with Crippen molar-refractivity contribution in [1.29, 1.82) is 0 Å². The van der Waals surface area contributed by atoms with Crippen LogP contribution in [0.4, 0.5) is 0 Å². The number of morpholine rings is 2. The maximum Gasteiger partial charge on any atom is -0.0134 e. The third kappa shape index (κ3) is 24.7. The van der Waals surface area contributed by atoms with Gasteiger partial charge in [-0.15, -0.1) is 0 Å². The molecule has 14 aromatic rings. The average molecular weight is 1810 g/mol. The Balaban J connectivity index is 0.000000149. The van der Waals surface area contributed by atoms with Crippen molar-refractivity contribution in [2.45, 2.75) is 50.6 Å². The molecule has 6 aromatic heterocycles. The summed E-state index contributed by atoms with van der Waals surface area (Å²) in [5, 5.41) is 35.4. The molecule has 115 heavy (non-hydrogen) atoms. The van der Waals surface area contributed by atoms with Crippen LogP contribution >= 0.6 is 50.8 Å². The van der Waals surface area contributed by atoms with Gasteiger partial charge in [-0.3, -0.25) is 19.2 Å². The maximum absolute atomic E-state index is 13.5. The molecular formula is C88H90BBrCl2N10O8P2PdS2. The fourth-order valence-electron chi connectivity index (χ4n) is 12.8. The topological polar surface area (TPSA) is 205 Å². The molecule has 0 aliphatic carbocycles. The van der Waals surface area contributed by atoms with Gasteiger partial charge in [0.2, 0.25) is 0 Å². The van der Waals surface area contributed by atoms with Gasteiger partial charge in [-0.25, -0.2) is 34.7 Å². The molecule has 18 nitrogen and oxygen atoms in total. The minimum atomic E-state index is -3.81. The molecule has 0 radical (unpaired) electrons. The summed E-state index contributed by atoms with van der Waals surface area (Å²) in [6.45, 7) is 17.7. The summed E-state index contributed by atoms with van der Waals surface area (Å²) in [5.74, 6) is 1.36. The van der Waals surface area contributed by atoms with Crippen molar-refractivity contribution in [3.05, 3.63) is 332 Å². The summed E-state index contributed by atoms with van der Waals surface area (Å²) in [7, 11) is -0.155. The Morgan fingerprint density at radius 1 is 0.452 bits per heavy atom. The molecule has 2 aliphatic rings. The van der Waals surface area contributed by atoms with Crippen LogP contribution in [0.25, 0.3) is 50.4 Å². The van der Waals surface area contributed by atoms with E-state index in [1.165, 1.54) is 45.7 Å². The van der Waals surface area contributed by atoms with Crippen LogP contribution in [-0.2, 0) is 58.5 Å². The fraction of sp³-hybridized carbons (Fsp3) is 0.182. The van der Waals surface area contributed by atoms with Gasteiger partial charge in [0.25, 0.3) is 20.0 Å². The molecule has 0 unspecified atom stereocenters. The van der Waals surface area contributed by atoms with Crippen LogP contribution in [0.15, 0.2) is 336 Å². The van der Waals surface area contributed by atoms with Crippen molar-refractivity contribution in [3.8, 4) is 22.3 Å². The van der Waals surface area contributed by atoms with Crippen molar-refractivity contribution in [2.24, 2.45) is 0 Å². The molecule has 8 aromatic carbocycles. The molecular weight excluding hydrogens is 1720 g/mol. The summed E-state index contributed by atoms with van der Waals surface area (Å²) >= 11 is 3.35. The zero-order chi connectivity index (χ0) is 80.9. The van der Waals surface area contributed by atoms with E-state index in [0.717, 1.165) is 133 Å². The monoisotopic (exact) mass is 1810 g/mol. The van der Waals surface area contributed by atoms with Crippen LogP contribution in [0, 0.1) is 0 Å². The van der Waals surface area contributed by atoms with E-state index in [4.69, 9.17) is 38.6 Å². The zero-order valence-electron chi connectivity index (χ0n) is 64.1. The van der Waals surface area contributed by atoms with E-state index in [2.05, 4.69) is 228 Å². The van der Waals surface area contributed by atoms with Crippen LogP contribution < -0.4 is 31.8 Å². The maximum atomic E-state index is 13.5. The minimum Gasteiger partial charge on any atom is -0.0622 e. The van der Waals surface area contributed by atoms with Crippen LogP contribution in [0.3, 0.4) is 0 Å². The molecule has 0 atom stereocenters. The number of nitrogens with zero attached hydrogens (tertiary/aromatic N) is 10. The molecule has 2 aliphatic heterocycles. The SMILES string of the molecule is CC(C)=CB(O)O.CC(C)=Cc1cnc2c(c1)c(-c1cnn(CCN3CCOCC3)c1)cn2S(=O)(=O)c1ccccc1.O=S(=O)(c1ccccc1)n1cc(-c2cnn(CCN3CCOCC3)c2)c2cc(Br)cnc21.[Cl][Pd][Cl].c1ccc(P(c2ccccc2)c2ccccc2)cc1.c1ccc(P(c2ccccc2)c2ccccc2)cc1. The zero-order valence-corrected chi connectivity index (χ0v) is 72.1. The van der Waals surface area contributed by atoms with E-state index in [0.29, 0.717) is 11.3 Å². The van der Waals surface area contributed by atoms with E-state index in [-0.39, 0.29) is 25.7 Å². The number of benzene rings is 8. The van der Waals surface area contributed by atoms with Crippen LogP contribution in [0.2, 0.25) is 0 Å². The summed E-state index contributed by atoms with van der Waals surface area (Å²) in [5.41, 5.74) is 7.01. The number of allylic oxidation sites excluding steroid dienone is 2. The van der Waals surface area contributed by atoms with Crippen molar-refractivity contribution in [1.82, 2.24) is 47.3 Å². The molecule has 2 saturated heterocycles. The van der Waals surface area contributed by atoms with Gasteiger partial charge in [0, 0.05) is 114 Å². The average Bonchev–Trinajstić information content (AvgIpc) is 1.60. The Morgan fingerprint density at radius 2 is 0.765 bits per heavy atom. The number of hydrogen-bond donors (Lipinski definition) is 2. The molecule has 0 bridgehead atoms. The van der Waals surface area contributed by atoms with Crippen molar-refractivity contribution in [2.75, 3.05) is 65.7 Å². The summed E-state index contributed by atoms with van der Waals surface area (Å²) in [6.07, 6.45) is 16.1. The van der Waals surface area contributed by atoms with Crippen LogP contribution in [0.1, 0.15) is 33.3 Å². The standard InChI is InChI=1S/C26H29N5O3S.C22H22BrN5O3S.2C18H15P.C4H9BO2.2ClH.Pd/c1-20(2)14-21-15-24-25(22-17-28-30(18-22)9-8-29-10-12-34-13-11-29)19-31(26(24)27-16-21)35(32,33)23-6-4-3-5-7-23;23-18-12-20-21(17-13-25-27(15-17)7-6-26-8-10-31-11-9-26)16-28(22(20)24-14-18)32(29,30)19-4-2-1-3-5-19;2*1-4-10-16(11-5-1)19(17-12-6-2-7-13-17)18-14-8-3-9-15-18;1-4(2)3-5(6)7;;;/h3-7,14-19H,8-13H2,1-2H3;1-5,12-16H,6-11H2;2*1-15H;3,6-7H,1-2H3;2*1H;/q;;;;;;;+2/p-2. The number of halogens is 3. The Hall–Kier alpha value is -8.65. The van der Waals surface area contributed by atoms with Gasteiger partial charge in [-0.2, -0.15) is 10.2 Å². The fourth-order valence-corrected chi connectivity index (χ4v) is 20.5. The Kier molecular flexibility index (Phi) is 33.4. The first kappa shape index (κ1) is 87.2. The molecule has 27 heteroatoms. The predicted octanol–water partition coefficient (Wildman–Crippen LogP) is 15.4. The molecule has 16 rings (SSSR count). The quantitative estimate of drug-likeness (QED) is 0.0538. The minimum absolute atomic E-state index is 0.106. The van der Waals surface area contributed by atoms with E-state index < -0.39 is 43.0 Å². The van der Waals surface area contributed by atoms with Gasteiger partial charge in [-0.1, -0.05) is 242 Å². The van der Waals surface area contributed by atoms with Gasteiger partial charge < -0.3 is 19.5 Å². The van der Waals surface area contributed by atoms with Crippen molar-refractivity contribution >= 4 is 138 Å². The largest absolute Gasteiger partial charge is 0.0622 e. The first-order chi connectivity index (χ1) is 55.9. The molecule has 2 N–H and O–H groups in total. The Labute approximate surface area is 701 Å². The van der Waals surface area contributed by atoms with E-state index in [1.54, 1.807) is 112 Å². The van der Waals surface area contributed by atoms with Gasteiger partial charge in [0.1, 0.15) is 0 Å². The first-order valence-electron chi connectivity index (χ1n) is 37.2. The van der Waals surface area contributed by atoms with Gasteiger partial charge >= 0.3 is 42.1 Å². The molecule has 0 spiro atoms. The number of hydrogen-bond acceptors (Lipinski definition) is 14. The van der Waals surface area contributed by atoms with Gasteiger partial charge in [0.05, 0.1) is 61.7 Å². The summed E-state index contributed by atoms with van der Waals surface area (Å²) in [4.78, 5) is 14.1. The second-order valence-corrected chi connectivity index (χ2v) is 38.3.